The number of para-hydroxylation sites is 1. The van der Waals surface area contributed by atoms with E-state index >= 15 is 0 Å². The van der Waals surface area contributed by atoms with E-state index in [9.17, 15) is 9.59 Å². The lowest BCUT2D eigenvalue weighted by molar-refractivity contribution is 0.0398. The van der Waals surface area contributed by atoms with Gasteiger partial charge in [-0.05, 0) is 12.1 Å². The molecule has 0 saturated carbocycles. The summed E-state index contributed by atoms with van der Waals surface area (Å²) in [6.45, 7) is 4.96. The van der Waals surface area contributed by atoms with Crippen molar-refractivity contribution >= 4 is 23.5 Å². The molecule has 2 heterocycles. The maximum absolute atomic E-state index is 12.4. The molecule has 1 saturated heterocycles. The Morgan fingerprint density at radius 3 is 2.61 bits per heavy atom. The van der Waals surface area contributed by atoms with Gasteiger partial charge >= 0.3 is 5.97 Å². The summed E-state index contributed by atoms with van der Waals surface area (Å²) in [5, 5.41) is 5.83. The van der Waals surface area contributed by atoms with E-state index in [1.807, 2.05) is 0 Å². The van der Waals surface area contributed by atoms with Crippen molar-refractivity contribution in [3.63, 3.8) is 0 Å². The van der Waals surface area contributed by atoms with Crippen molar-refractivity contribution in [1.82, 2.24) is 14.9 Å². The SMILES string of the molecule is COC(=O)c1ccccc1NC(=O)c1cnc(NCCN2CCOCC2)nc1. The van der Waals surface area contributed by atoms with Crippen LogP contribution in [0.25, 0.3) is 0 Å². The number of methoxy groups -OCH3 is 1. The number of hydrogen-bond donors (Lipinski definition) is 2. The van der Waals surface area contributed by atoms with E-state index in [2.05, 4.69) is 25.5 Å². The average Bonchev–Trinajstić information content (AvgIpc) is 2.75. The van der Waals surface area contributed by atoms with Crippen molar-refractivity contribution < 1.29 is 19.1 Å². The van der Waals surface area contributed by atoms with Gasteiger partial charge in [-0.2, -0.15) is 0 Å². The minimum absolute atomic E-state index is 0.278. The summed E-state index contributed by atoms with van der Waals surface area (Å²) >= 11 is 0. The standard InChI is InChI=1S/C19H23N5O4/c1-27-18(26)15-4-2-3-5-16(15)23-17(25)14-12-21-19(22-13-14)20-6-7-24-8-10-28-11-9-24/h2-5,12-13H,6-11H2,1H3,(H,23,25)(H,20,21,22). The predicted octanol–water partition coefficient (Wildman–Crippen LogP) is 1.26. The molecule has 9 nitrogen and oxygen atoms in total. The fourth-order valence-electron chi connectivity index (χ4n) is 2.76. The minimum Gasteiger partial charge on any atom is -0.465 e. The predicted molar refractivity (Wildman–Crippen MR) is 104 cm³/mol. The lowest BCUT2D eigenvalue weighted by Gasteiger charge is -2.26. The summed E-state index contributed by atoms with van der Waals surface area (Å²) in [4.78, 5) is 34.9. The van der Waals surface area contributed by atoms with Gasteiger partial charge in [-0.3, -0.25) is 9.69 Å². The molecule has 9 heteroatoms. The van der Waals surface area contributed by atoms with Crippen molar-refractivity contribution in [1.29, 1.82) is 0 Å². The maximum Gasteiger partial charge on any atom is 0.339 e. The number of ether oxygens (including phenoxy) is 2. The van der Waals surface area contributed by atoms with Gasteiger partial charge in [0, 0.05) is 38.6 Å². The van der Waals surface area contributed by atoms with Crippen molar-refractivity contribution in [2.45, 2.75) is 0 Å². The molecule has 2 N–H and O–H groups in total. The van der Waals surface area contributed by atoms with Crippen molar-refractivity contribution in [3.8, 4) is 0 Å². The van der Waals surface area contributed by atoms with E-state index in [-0.39, 0.29) is 5.56 Å². The first-order valence-corrected chi connectivity index (χ1v) is 9.02. The van der Waals surface area contributed by atoms with Crippen LogP contribution in [0.1, 0.15) is 20.7 Å². The number of hydrogen-bond acceptors (Lipinski definition) is 8. The number of benzene rings is 1. The molecule has 2 aromatic rings. The molecule has 3 rings (SSSR count). The van der Waals surface area contributed by atoms with Crippen molar-refractivity contribution in [3.05, 3.63) is 47.8 Å². The molecule has 1 aliphatic rings. The number of carbonyl (C=O) groups is 2. The molecule has 1 aromatic carbocycles. The van der Waals surface area contributed by atoms with Gasteiger partial charge in [0.05, 0.1) is 37.1 Å². The molecule has 1 aromatic heterocycles. The molecular weight excluding hydrogens is 362 g/mol. The highest BCUT2D eigenvalue weighted by atomic mass is 16.5. The summed E-state index contributed by atoms with van der Waals surface area (Å²) in [5.41, 5.74) is 0.936. The second-order valence-electron chi connectivity index (χ2n) is 6.17. The van der Waals surface area contributed by atoms with E-state index in [0.29, 0.717) is 23.7 Å². The van der Waals surface area contributed by atoms with Crippen LogP contribution in [-0.2, 0) is 9.47 Å². The topological polar surface area (TPSA) is 106 Å². The van der Waals surface area contributed by atoms with Gasteiger partial charge in [-0.1, -0.05) is 12.1 Å². The number of rotatable bonds is 7. The van der Waals surface area contributed by atoms with Crippen LogP contribution in [0.5, 0.6) is 0 Å². The molecule has 28 heavy (non-hydrogen) atoms. The van der Waals surface area contributed by atoms with Crippen LogP contribution in [0.2, 0.25) is 0 Å². The Hall–Kier alpha value is -3.04. The van der Waals surface area contributed by atoms with E-state index in [1.54, 1.807) is 24.3 Å². The number of nitrogens with zero attached hydrogens (tertiary/aromatic N) is 3. The van der Waals surface area contributed by atoms with Gasteiger partial charge in [-0.15, -0.1) is 0 Å². The van der Waals surface area contributed by atoms with Crippen molar-refractivity contribution in [2.24, 2.45) is 0 Å². The van der Waals surface area contributed by atoms with Crippen LogP contribution in [0.3, 0.4) is 0 Å². The third kappa shape index (κ3) is 5.24. The van der Waals surface area contributed by atoms with Crippen LogP contribution >= 0.6 is 0 Å². The molecule has 0 bridgehead atoms. The average molecular weight is 385 g/mol. The van der Waals surface area contributed by atoms with Crippen molar-refractivity contribution in [2.75, 3.05) is 57.1 Å². The first-order valence-electron chi connectivity index (χ1n) is 9.02. The summed E-state index contributed by atoms with van der Waals surface area (Å²) in [6, 6.07) is 6.63. The zero-order valence-electron chi connectivity index (χ0n) is 15.7. The van der Waals surface area contributed by atoms with Crippen LogP contribution in [0, 0.1) is 0 Å². The molecule has 0 unspecified atom stereocenters. The molecule has 0 spiro atoms. The highest BCUT2D eigenvalue weighted by molar-refractivity contribution is 6.07. The quantitative estimate of drug-likeness (QED) is 0.686. The smallest absolute Gasteiger partial charge is 0.339 e. The van der Waals surface area contributed by atoms with Crippen LogP contribution in [0.15, 0.2) is 36.7 Å². The van der Waals surface area contributed by atoms with E-state index in [1.165, 1.54) is 19.5 Å². The Balaban J connectivity index is 1.54. The third-order valence-electron chi connectivity index (χ3n) is 4.31. The number of esters is 1. The summed E-state index contributed by atoms with van der Waals surface area (Å²) < 4.78 is 10.0. The molecule has 148 valence electrons. The summed E-state index contributed by atoms with van der Waals surface area (Å²) in [7, 11) is 1.29. The fourth-order valence-corrected chi connectivity index (χ4v) is 2.76. The Morgan fingerprint density at radius 1 is 1.18 bits per heavy atom. The number of anilines is 2. The zero-order chi connectivity index (χ0) is 19.8. The molecular formula is C19H23N5O4. The fraction of sp³-hybridized carbons (Fsp3) is 0.368. The second kappa shape index (κ2) is 9.77. The van der Waals surface area contributed by atoms with E-state index in [0.717, 1.165) is 32.8 Å². The highest BCUT2D eigenvalue weighted by Crippen LogP contribution is 2.17. The van der Waals surface area contributed by atoms with Gasteiger partial charge in [0.25, 0.3) is 5.91 Å². The largest absolute Gasteiger partial charge is 0.465 e. The normalized spacial score (nSPS) is 14.3. The van der Waals surface area contributed by atoms with Gasteiger partial charge in [0.1, 0.15) is 0 Å². The molecule has 0 radical (unpaired) electrons. The first-order chi connectivity index (χ1) is 13.7. The van der Waals surface area contributed by atoms with Gasteiger partial charge in [0.15, 0.2) is 0 Å². The number of morpholine rings is 1. The number of aromatic nitrogens is 2. The minimum atomic E-state index is -0.521. The Labute approximate surface area is 163 Å². The number of carbonyl (C=O) groups excluding carboxylic acids is 2. The zero-order valence-corrected chi connectivity index (χ0v) is 15.7. The molecule has 1 aliphatic heterocycles. The van der Waals surface area contributed by atoms with Crippen LogP contribution in [0.4, 0.5) is 11.6 Å². The second-order valence-corrected chi connectivity index (χ2v) is 6.17. The Kier molecular flexibility index (Phi) is 6.88. The summed E-state index contributed by atoms with van der Waals surface area (Å²) in [5.74, 6) is -0.469. The van der Waals surface area contributed by atoms with Gasteiger partial charge in [0.2, 0.25) is 5.95 Å². The lowest BCUT2D eigenvalue weighted by atomic mass is 10.1. The molecule has 1 amide bonds. The molecule has 0 atom stereocenters. The monoisotopic (exact) mass is 385 g/mol. The Morgan fingerprint density at radius 2 is 1.89 bits per heavy atom. The highest BCUT2D eigenvalue weighted by Gasteiger charge is 2.15. The summed E-state index contributed by atoms with van der Waals surface area (Å²) in [6.07, 6.45) is 2.89. The third-order valence-corrected chi connectivity index (χ3v) is 4.31. The van der Waals surface area contributed by atoms with Crippen LogP contribution < -0.4 is 10.6 Å². The molecule has 1 fully saturated rings. The first kappa shape index (κ1) is 19.7. The Bertz CT molecular complexity index is 806. The number of nitrogens with one attached hydrogen (secondary N) is 2. The molecule has 0 aliphatic carbocycles. The van der Waals surface area contributed by atoms with E-state index < -0.39 is 11.9 Å². The van der Waals surface area contributed by atoms with Gasteiger partial charge in [-0.25, -0.2) is 14.8 Å². The lowest BCUT2D eigenvalue weighted by Crippen LogP contribution is -2.39. The van der Waals surface area contributed by atoms with Crippen LogP contribution in [-0.4, -0.2) is 73.2 Å². The number of amides is 1. The van der Waals surface area contributed by atoms with Gasteiger partial charge < -0.3 is 20.1 Å². The maximum atomic E-state index is 12.4. The van der Waals surface area contributed by atoms with E-state index in [4.69, 9.17) is 9.47 Å².